The topological polar surface area (TPSA) is 29.1 Å². The number of hydrogen-bond donors (Lipinski definition) is 1. The molecule has 0 aliphatic carbocycles. The van der Waals surface area contributed by atoms with E-state index in [0.29, 0.717) is 0 Å². The molecule has 0 aromatic heterocycles. The second kappa shape index (κ2) is 9.85. The fraction of sp³-hybridized carbons (Fsp3) is 0.750. The van der Waals surface area contributed by atoms with E-state index in [0.717, 1.165) is 24.0 Å². The van der Waals surface area contributed by atoms with Gasteiger partial charge in [0.2, 0.25) is 5.91 Å². The lowest BCUT2D eigenvalue weighted by Crippen LogP contribution is -3.00. The number of hydrogen-bond acceptors (Lipinski definition) is 1. The van der Waals surface area contributed by atoms with Crippen LogP contribution in [0, 0.1) is 0 Å². The van der Waals surface area contributed by atoms with Gasteiger partial charge in [0.1, 0.15) is 0 Å². The summed E-state index contributed by atoms with van der Waals surface area (Å²) in [4.78, 5) is 10.9. The molecule has 0 saturated heterocycles. The lowest BCUT2D eigenvalue weighted by Gasteiger charge is -2.29. The van der Waals surface area contributed by atoms with E-state index in [1.54, 1.807) is 0 Å². The molecule has 0 unspecified atom stereocenters. The van der Waals surface area contributed by atoms with Crippen molar-refractivity contribution in [2.24, 2.45) is 0 Å². The van der Waals surface area contributed by atoms with E-state index in [1.165, 1.54) is 25.5 Å². The van der Waals surface area contributed by atoms with E-state index in [4.69, 9.17) is 0 Å². The van der Waals surface area contributed by atoms with E-state index < -0.39 is 0 Å². The monoisotopic (exact) mass is 292 g/mol. The highest BCUT2D eigenvalue weighted by Crippen LogP contribution is 2.02. The number of amides is 1. The Morgan fingerprint density at radius 2 is 1.88 bits per heavy atom. The molecular formula is C12H25BrN2O. The summed E-state index contributed by atoms with van der Waals surface area (Å²) in [6, 6.07) is 0. The number of unbranched alkanes of at least 4 members (excludes halogenated alkanes) is 1. The van der Waals surface area contributed by atoms with Crippen LogP contribution in [0.5, 0.6) is 0 Å². The van der Waals surface area contributed by atoms with Gasteiger partial charge in [0.25, 0.3) is 0 Å². The van der Waals surface area contributed by atoms with Gasteiger partial charge in [-0.15, -0.1) is 0 Å². The lowest BCUT2D eigenvalue weighted by molar-refractivity contribution is -0.890. The van der Waals surface area contributed by atoms with Crippen molar-refractivity contribution in [2.75, 3.05) is 33.7 Å². The molecule has 0 aromatic rings. The molecule has 0 fully saturated rings. The smallest absolute Gasteiger partial charge is 0.243 e. The van der Waals surface area contributed by atoms with Gasteiger partial charge in [-0.2, -0.15) is 0 Å². The van der Waals surface area contributed by atoms with Crippen LogP contribution in [0.3, 0.4) is 0 Å². The Morgan fingerprint density at radius 3 is 2.38 bits per heavy atom. The van der Waals surface area contributed by atoms with Crippen molar-refractivity contribution >= 4 is 5.91 Å². The maximum absolute atomic E-state index is 10.9. The molecule has 0 saturated carbocycles. The van der Waals surface area contributed by atoms with Crippen molar-refractivity contribution in [3.05, 3.63) is 12.7 Å². The Balaban J connectivity index is 0. The first kappa shape index (κ1) is 18.0. The quantitative estimate of drug-likeness (QED) is 0.331. The number of carbonyl (C=O) groups excluding carboxylic acids is 1. The van der Waals surface area contributed by atoms with Gasteiger partial charge in [-0.25, -0.2) is 0 Å². The van der Waals surface area contributed by atoms with Crippen LogP contribution >= 0.6 is 0 Å². The minimum atomic E-state index is -0.0751. The van der Waals surface area contributed by atoms with Crippen LogP contribution in [0.15, 0.2) is 12.7 Å². The van der Waals surface area contributed by atoms with Gasteiger partial charge in [0.15, 0.2) is 0 Å². The normalized spacial score (nSPS) is 10.4. The molecule has 96 valence electrons. The molecule has 0 radical (unpaired) electrons. The second-order valence-electron chi connectivity index (χ2n) is 4.59. The molecule has 0 aliphatic rings. The summed E-state index contributed by atoms with van der Waals surface area (Å²) in [7, 11) is 4.48. The number of rotatable bonds is 8. The number of quaternary nitrogens is 1. The van der Waals surface area contributed by atoms with Crippen LogP contribution in [0.1, 0.15) is 26.2 Å². The zero-order chi connectivity index (χ0) is 11.7. The zero-order valence-corrected chi connectivity index (χ0v) is 12.3. The Bertz CT molecular complexity index is 205. The van der Waals surface area contributed by atoms with E-state index >= 15 is 0 Å². The first-order valence-electron chi connectivity index (χ1n) is 5.74. The average Bonchev–Trinajstić information content (AvgIpc) is 2.21. The molecule has 0 bridgehead atoms. The highest BCUT2D eigenvalue weighted by molar-refractivity contribution is 5.86. The molecule has 0 aromatic carbocycles. The van der Waals surface area contributed by atoms with Gasteiger partial charge in [-0.05, 0) is 12.5 Å². The van der Waals surface area contributed by atoms with E-state index in [9.17, 15) is 4.79 Å². The van der Waals surface area contributed by atoms with Gasteiger partial charge in [0.05, 0.1) is 27.2 Å². The van der Waals surface area contributed by atoms with Crippen LogP contribution in [-0.2, 0) is 4.79 Å². The summed E-state index contributed by atoms with van der Waals surface area (Å²) < 4.78 is 1.04. The van der Waals surface area contributed by atoms with Crippen molar-refractivity contribution in [1.29, 1.82) is 0 Å². The Labute approximate surface area is 110 Å². The third kappa shape index (κ3) is 10.2. The van der Waals surface area contributed by atoms with Crippen molar-refractivity contribution < 1.29 is 26.3 Å². The summed E-state index contributed by atoms with van der Waals surface area (Å²) in [5.74, 6) is -0.0751. The summed E-state index contributed by atoms with van der Waals surface area (Å²) >= 11 is 0. The molecule has 0 atom stereocenters. The number of carbonyl (C=O) groups is 1. The molecule has 1 amide bonds. The highest BCUT2D eigenvalue weighted by Gasteiger charge is 2.12. The summed E-state index contributed by atoms with van der Waals surface area (Å²) in [5, 5.41) is 2.79. The van der Waals surface area contributed by atoms with E-state index in [2.05, 4.69) is 32.9 Å². The van der Waals surface area contributed by atoms with Crippen LogP contribution < -0.4 is 22.3 Å². The first-order valence-corrected chi connectivity index (χ1v) is 5.74. The SMILES string of the molecule is C=CC(=O)NCCC[N+](C)(C)CCCC.[Br-]. The van der Waals surface area contributed by atoms with E-state index in [-0.39, 0.29) is 22.9 Å². The Kier molecular flexibility index (Phi) is 11.1. The maximum atomic E-state index is 10.9. The predicted octanol–water partition coefficient (Wildman–Crippen LogP) is -1.44. The third-order valence-electron chi connectivity index (χ3n) is 2.54. The maximum Gasteiger partial charge on any atom is 0.243 e. The average molecular weight is 293 g/mol. The van der Waals surface area contributed by atoms with Crippen LogP contribution in [0.25, 0.3) is 0 Å². The highest BCUT2D eigenvalue weighted by atomic mass is 79.9. The van der Waals surface area contributed by atoms with Crippen molar-refractivity contribution in [3.63, 3.8) is 0 Å². The minimum absolute atomic E-state index is 0. The molecule has 0 aliphatic heterocycles. The summed E-state index contributed by atoms with van der Waals surface area (Å²) in [6.07, 6.45) is 4.86. The standard InChI is InChI=1S/C12H24N2O.BrH/c1-5-7-10-14(3,4)11-8-9-13-12(15)6-2;/h6H,2,5,7-11H2,1,3-4H3;1H. The molecule has 0 rings (SSSR count). The van der Waals surface area contributed by atoms with E-state index in [1.807, 2.05) is 0 Å². The molecule has 0 heterocycles. The zero-order valence-electron chi connectivity index (χ0n) is 10.8. The number of nitrogens with zero attached hydrogens (tertiary/aromatic N) is 1. The number of nitrogens with one attached hydrogen (secondary N) is 1. The first-order chi connectivity index (χ1) is 7.02. The number of halogens is 1. The van der Waals surface area contributed by atoms with Gasteiger partial charge >= 0.3 is 0 Å². The molecular weight excluding hydrogens is 268 g/mol. The van der Waals surface area contributed by atoms with Crippen molar-refractivity contribution in [2.45, 2.75) is 26.2 Å². The minimum Gasteiger partial charge on any atom is -1.00 e. The molecule has 1 N–H and O–H groups in total. The molecule has 0 spiro atoms. The van der Waals surface area contributed by atoms with Gasteiger partial charge in [-0.1, -0.05) is 19.9 Å². The molecule has 3 nitrogen and oxygen atoms in total. The summed E-state index contributed by atoms with van der Waals surface area (Å²) in [6.45, 7) is 8.70. The van der Waals surface area contributed by atoms with Gasteiger partial charge < -0.3 is 26.8 Å². The lowest BCUT2D eigenvalue weighted by atomic mass is 10.2. The van der Waals surface area contributed by atoms with Crippen LogP contribution in [-0.4, -0.2) is 44.1 Å². The predicted molar refractivity (Wildman–Crippen MR) is 64.6 cm³/mol. The van der Waals surface area contributed by atoms with Crippen LogP contribution in [0.2, 0.25) is 0 Å². The van der Waals surface area contributed by atoms with Crippen molar-refractivity contribution in [1.82, 2.24) is 5.32 Å². The van der Waals surface area contributed by atoms with Crippen LogP contribution in [0.4, 0.5) is 0 Å². The largest absolute Gasteiger partial charge is 1.00 e. The fourth-order valence-corrected chi connectivity index (χ4v) is 1.49. The Morgan fingerprint density at radius 1 is 1.31 bits per heavy atom. The third-order valence-corrected chi connectivity index (χ3v) is 2.54. The van der Waals surface area contributed by atoms with Crippen molar-refractivity contribution in [3.8, 4) is 0 Å². The molecule has 4 heteroatoms. The second-order valence-corrected chi connectivity index (χ2v) is 4.59. The van der Waals surface area contributed by atoms with Gasteiger partial charge in [0, 0.05) is 13.0 Å². The Hall–Kier alpha value is -0.350. The van der Waals surface area contributed by atoms with Gasteiger partial charge in [-0.3, -0.25) is 4.79 Å². The molecule has 16 heavy (non-hydrogen) atoms. The summed E-state index contributed by atoms with van der Waals surface area (Å²) in [5.41, 5.74) is 0. The fourth-order valence-electron chi connectivity index (χ4n) is 1.49.